The van der Waals surface area contributed by atoms with E-state index in [1.165, 1.54) is 0 Å². The summed E-state index contributed by atoms with van der Waals surface area (Å²) in [5.41, 5.74) is 0. The van der Waals surface area contributed by atoms with Gasteiger partial charge in [0.1, 0.15) is 0 Å². The molecule has 0 radical (unpaired) electrons. The van der Waals surface area contributed by atoms with Crippen molar-refractivity contribution in [1.82, 2.24) is 4.90 Å². The van der Waals surface area contributed by atoms with Gasteiger partial charge in [0, 0.05) is 25.1 Å². The molecule has 0 spiro atoms. The second kappa shape index (κ2) is 7.69. The molecule has 0 heterocycles. The van der Waals surface area contributed by atoms with E-state index in [1.807, 2.05) is 25.7 Å². The van der Waals surface area contributed by atoms with Crippen LogP contribution in [-0.2, 0) is 4.79 Å². The summed E-state index contributed by atoms with van der Waals surface area (Å²) in [5.74, 6) is 0.330. The Bertz CT molecular complexity index is 180. The fraction of sp³-hybridized carbons (Fsp3) is 0.917. The fourth-order valence-corrected chi connectivity index (χ4v) is 1.70. The van der Waals surface area contributed by atoms with Crippen molar-refractivity contribution in [3.63, 3.8) is 0 Å². The molecule has 3 heteroatoms. The number of carbonyl (C=O) groups excluding carboxylic acids is 1. The Morgan fingerprint density at radius 1 is 1.33 bits per heavy atom. The van der Waals surface area contributed by atoms with Gasteiger partial charge < -0.3 is 10.0 Å². The van der Waals surface area contributed by atoms with Crippen molar-refractivity contribution < 1.29 is 9.90 Å². The number of hydrogen-bond acceptors (Lipinski definition) is 2. The molecule has 1 N–H and O–H groups in total. The molecule has 90 valence electrons. The highest BCUT2D eigenvalue weighted by molar-refractivity contribution is 5.78. The van der Waals surface area contributed by atoms with Gasteiger partial charge >= 0.3 is 0 Å². The normalized spacial score (nSPS) is 12.9. The minimum absolute atomic E-state index is 0.107. The van der Waals surface area contributed by atoms with E-state index in [0.29, 0.717) is 13.0 Å². The summed E-state index contributed by atoms with van der Waals surface area (Å²) in [6.45, 7) is 8.94. The van der Waals surface area contributed by atoms with E-state index in [0.717, 1.165) is 12.8 Å². The first-order valence-corrected chi connectivity index (χ1v) is 5.95. The highest BCUT2D eigenvalue weighted by atomic mass is 16.3. The van der Waals surface area contributed by atoms with Crippen LogP contribution >= 0.6 is 0 Å². The molecule has 1 amide bonds. The van der Waals surface area contributed by atoms with Crippen molar-refractivity contribution in [2.24, 2.45) is 5.92 Å². The molecule has 15 heavy (non-hydrogen) atoms. The van der Waals surface area contributed by atoms with Crippen LogP contribution in [0.5, 0.6) is 0 Å². The topological polar surface area (TPSA) is 40.5 Å². The van der Waals surface area contributed by atoms with Crippen molar-refractivity contribution in [3.05, 3.63) is 0 Å². The summed E-state index contributed by atoms with van der Waals surface area (Å²) in [4.78, 5) is 13.9. The Morgan fingerprint density at radius 3 is 2.33 bits per heavy atom. The lowest BCUT2D eigenvalue weighted by atomic mass is 10.0. The first-order valence-electron chi connectivity index (χ1n) is 5.95. The third kappa shape index (κ3) is 5.17. The lowest BCUT2D eigenvalue weighted by Crippen LogP contribution is -2.41. The summed E-state index contributed by atoms with van der Waals surface area (Å²) in [6.07, 6.45) is 2.66. The summed E-state index contributed by atoms with van der Waals surface area (Å²) < 4.78 is 0. The zero-order valence-electron chi connectivity index (χ0n) is 10.5. The van der Waals surface area contributed by atoms with Crippen LogP contribution in [0.3, 0.4) is 0 Å². The Hall–Kier alpha value is -0.570. The molecule has 0 aliphatic carbocycles. The molecule has 0 saturated heterocycles. The fourth-order valence-electron chi connectivity index (χ4n) is 1.70. The van der Waals surface area contributed by atoms with Gasteiger partial charge in [-0.25, -0.2) is 0 Å². The second-order valence-electron chi connectivity index (χ2n) is 4.39. The van der Waals surface area contributed by atoms with E-state index >= 15 is 0 Å². The summed E-state index contributed by atoms with van der Waals surface area (Å²) in [7, 11) is 0. The second-order valence-corrected chi connectivity index (χ2v) is 4.39. The molecule has 0 bridgehead atoms. The maximum Gasteiger partial charge on any atom is 0.225 e. The van der Waals surface area contributed by atoms with E-state index in [1.54, 1.807) is 0 Å². The summed E-state index contributed by atoms with van der Waals surface area (Å²) >= 11 is 0. The molecule has 0 aromatic rings. The van der Waals surface area contributed by atoms with E-state index in [-0.39, 0.29) is 24.5 Å². The van der Waals surface area contributed by atoms with Crippen LogP contribution in [0.15, 0.2) is 0 Å². The third-order valence-electron chi connectivity index (χ3n) is 2.61. The van der Waals surface area contributed by atoms with E-state index in [9.17, 15) is 4.79 Å². The highest BCUT2D eigenvalue weighted by Crippen LogP contribution is 2.12. The number of aliphatic hydroxyl groups excluding tert-OH is 1. The Labute approximate surface area is 93.5 Å². The van der Waals surface area contributed by atoms with Crippen LogP contribution < -0.4 is 0 Å². The standard InChI is InChI=1S/C12H25NO2/c1-5-7-11(4)12(15)13(10(2)3)8-6-9-14/h10-11,14H,5-9H2,1-4H3. The maximum absolute atomic E-state index is 12.0. The van der Waals surface area contributed by atoms with Crippen molar-refractivity contribution in [2.45, 2.75) is 53.0 Å². The summed E-state index contributed by atoms with van der Waals surface area (Å²) in [5, 5.41) is 8.78. The molecular formula is C12H25NO2. The molecule has 0 aliphatic rings. The minimum Gasteiger partial charge on any atom is -0.396 e. The van der Waals surface area contributed by atoms with Gasteiger partial charge in [-0.2, -0.15) is 0 Å². The molecule has 0 saturated carbocycles. The molecule has 0 rings (SSSR count). The molecule has 1 unspecified atom stereocenters. The minimum atomic E-state index is 0.107. The first-order chi connectivity index (χ1) is 7.04. The van der Waals surface area contributed by atoms with Gasteiger partial charge in [0.25, 0.3) is 0 Å². The van der Waals surface area contributed by atoms with Gasteiger partial charge in [0.05, 0.1) is 0 Å². The molecule has 3 nitrogen and oxygen atoms in total. The van der Waals surface area contributed by atoms with Crippen LogP contribution in [-0.4, -0.2) is 35.1 Å². The van der Waals surface area contributed by atoms with Gasteiger partial charge in [0.15, 0.2) is 0 Å². The SMILES string of the molecule is CCCC(C)C(=O)N(CCCO)C(C)C. The predicted molar refractivity (Wildman–Crippen MR) is 62.6 cm³/mol. The van der Waals surface area contributed by atoms with E-state index in [2.05, 4.69) is 6.92 Å². The maximum atomic E-state index is 12.0. The van der Waals surface area contributed by atoms with Crippen LogP contribution in [0.2, 0.25) is 0 Å². The molecule has 1 atom stereocenters. The smallest absolute Gasteiger partial charge is 0.225 e. The van der Waals surface area contributed by atoms with Crippen molar-refractivity contribution >= 4 is 5.91 Å². The number of rotatable bonds is 7. The Balaban J connectivity index is 4.27. The largest absolute Gasteiger partial charge is 0.396 e. The Kier molecular flexibility index (Phi) is 7.39. The summed E-state index contributed by atoms with van der Waals surface area (Å²) in [6, 6.07) is 0.225. The van der Waals surface area contributed by atoms with Crippen LogP contribution in [0, 0.1) is 5.92 Å². The number of hydrogen-bond donors (Lipinski definition) is 1. The third-order valence-corrected chi connectivity index (χ3v) is 2.61. The predicted octanol–water partition coefficient (Wildman–Crippen LogP) is 2.04. The lowest BCUT2D eigenvalue weighted by Gasteiger charge is -2.29. The van der Waals surface area contributed by atoms with Crippen LogP contribution in [0.4, 0.5) is 0 Å². The zero-order chi connectivity index (χ0) is 11.8. The molecule has 0 fully saturated rings. The molecule has 0 aromatic carbocycles. The highest BCUT2D eigenvalue weighted by Gasteiger charge is 2.21. The molecule has 0 aromatic heterocycles. The van der Waals surface area contributed by atoms with Crippen molar-refractivity contribution in [1.29, 1.82) is 0 Å². The lowest BCUT2D eigenvalue weighted by molar-refractivity contribution is -0.137. The number of nitrogens with zero attached hydrogens (tertiary/aromatic N) is 1. The van der Waals surface area contributed by atoms with Gasteiger partial charge in [-0.15, -0.1) is 0 Å². The number of amides is 1. The van der Waals surface area contributed by atoms with Crippen molar-refractivity contribution in [3.8, 4) is 0 Å². The Morgan fingerprint density at radius 2 is 1.93 bits per heavy atom. The molecular weight excluding hydrogens is 190 g/mol. The van der Waals surface area contributed by atoms with Crippen LogP contribution in [0.25, 0.3) is 0 Å². The van der Waals surface area contributed by atoms with Gasteiger partial charge in [-0.05, 0) is 26.7 Å². The van der Waals surface area contributed by atoms with E-state index < -0.39 is 0 Å². The van der Waals surface area contributed by atoms with E-state index in [4.69, 9.17) is 5.11 Å². The quantitative estimate of drug-likeness (QED) is 0.706. The monoisotopic (exact) mass is 215 g/mol. The van der Waals surface area contributed by atoms with Gasteiger partial charge in [0.2, 0.25) is 5.91 Å². The van der Waals surface area contributed by atoms with Crippen molar-refractivity contribution in [2.75, 3.05) is 13.2 Å². The van der Waals surface area contributed by atoms with Crippen LogP contribution in [0.1, 0.15) is 47.0 Å². The van der Waals surface area contributed by atoms with Gasteiger partial charge in [-0.1, -0.05) is 20.3 Å². The molecule has 0 aliphatic heterocycles. The number of carbonyl (C=O) groups is 1. The average molecular weight is 215 g/mol. The first kappa shape index (κ1) is 14.4. The number of aliphatic hydroxyl groups is 1. The zero-order valence-corrected chi connectivity index (χ0v) is 10.5. The average Bonchev–Trinajstić information content (AvgIpc) is 2.18. The van der Waals surface area contributed by atoms with Gasteiger partial charge in [-0.3, -0.25) is 4.79 Å².